The third-order valence-electron chi connectivity index (χ3n) is 11.1. The molecule has 11 atom stereocenters. The minimum absolute atomic E-state index is 0.0565. The lowest BCUT2D eigenvalue weighted by molar-refractivity contribution is -0.223. The maximum absolute atomic E-state index is 13.0. The third-order valence-corrected chi connectivity index (χ3v) is 11.1. The molecule has 0 heterocycles. The second kappa shape index (κ2) is 8.95. The topological polar surface area (TPSA) is 98.0 Å². The first-order valence-corrected chi connectivity index (χ1v) is 13.4. The van der Waals surface area contributed by atoms with Crippen molar-refractivity contribution in [1.82, 2.24) is 0 Å². The molecule has 0 unspecified atom stereocenters. The summed E-state index contributed by atoms with van der Waals surface area (Å²) in [4.78, 5) is 13.0. The largest absolute Gasteiger partial charge is 0.481 e. The molecule has 5 heteroatoms. The first kappa shape index (κ1) is 25.2. The van der Waals surface area contributed by atoms with Crippen LogP contribution in [0, 0.1) is 52.3 Å². The number of hydrogen-bond donors (Lipinski definition) is 4. The van der Waals surface area contributed by atoms with Crippen LogP contribution in [-0.4, -0.2) is 44.7 Å². The van der Waals surface area contributed by atoms with Gasteiger partial charge in [-0.2, -0.15) is 0 Å². The highest BCUT2D eigenvalue weighted by Crippen LogP contribution is 2.68. The maximum Gasteiger partial charge on any atom is 0.310 e. The van der Waals surface area contributed by atoms with Crippen molar-refractivity contribution in [2.45, 2.75) is 104 Å². The van der Waals surface area contributed by atoms with E-state index in [1.807, 2.05) is 0 Å². The number of aliphatic hydroxyl groups is 3. The van der Waals surface area contributed by atoms with E-state index < -0.39 is 35.1 Å². The number of aliphatic carboxylic acids is 1. The Morgan fingerprint density at radius 1 is 1.06 bits per heavy atom. The van der Waals surface area contributed by atoms with Crippen molar-refractivity contribution in [3.05, 3.63) is 12.2 Å². The van der Waals surface area contributed by atoms with E-state index in [2.05, 4.69) is 34.3 Å². The number of rotatable bonds is 6. The molecule has 4 N–H and O–H groups in total. The summed E-state index contributed by atoms with van der Waals surface area (Å²) < 4.78 is 0. The van der Waals surface area contributed by atoms with Gasteiger partial charge in [-0.05, 0) is 99.2 Å². The van der Waals surface area contributed by atoms with Crippen molar-refractivity contribution in [2.24, 2.45) is 52.3 Å². The smallest absolute Gasteiger partial charge is 0.310 e. The predicted molar refractivity (Wildman–Crippen MR) is 128 cm³/mol. The van der Waals surface area contributed by atoms with E-state index in [4.69, 9.17) is 0 Å². The van der Waals surface area contributed by atoms with Crippen LogP contribution in [0.15, 0.2) is 12.2 Å². The second-order valence-corrected chi connectivity index (χ2v) is 12.7. The third kappa shape index (κ3) is 3.81. The molecule has 4 aliphatic rings. The van der Waals surface area contributed by atoms with E-state index in [0.717, 1.165) is 38.5 Å². The van der Waals surface area contributed by atoms with Crippen LogP contribution in [0.3, 0.4) is 0 Å². The van der Waals surface area contributed by atoms with E-state index in [1.165, 1.54) is 5.57 Å². The summed E-state index contributed by atoms with van der Waals surface area (Å²) in [5, 5.41) is 43.6. The summed E-state index contributed by atoms with van der Waals surface area (Å²) >= 11 is 0. The van der Waals surface area contributed by atoms with Crippen molar-refractivity contribution < 1.29 is 25.2 Å². The quantitative estimate of drug-likeness (QED) is 0.431. The number of carbonyl (C=O) groups is 1. The number of aliphatic hydroxyl groups excluding tert-OH is 3. The number of allylic oxidation sites excluding steroid dienone is 1. The maximum atomic E-state index is 13.0. The lowest BCUT2D eigenvalue weighted by atomic mass is 9.42. The second-order valence-electron chi connectivity index (χ2n) is 12.7. The van der Waals surface area contributed by atoms with Gasteiger partial charge in [0.2, 0.25) is 0 Å². The fourth-order valence-electron chi connectivity index (χ4n) is 9.19. The number of carboxylic acids is 1. The minimum atomic E-state index is -0.874. The fraction of sp³-hybridized carbons (Fsp3) is 0.893. The van der Waals surface area contributed by atoms with Crippen LogP contribution < -0.4 is 0 Å². The Bertz CT molecular complexity index is 763. The molecule has 0 spiro atoms. The van der Waals surface area contributed by atoms with Gasteiger partial charge in [-0.15, -0.1) is 0 Å². The Balaban J connectivity index is 1.62. The van der Waals surface area contributed by atoms with Gasteiger partial charge >= 0.3 is 5.97 Å². The van der Waals surface area contributed by atoms with E-state index in [9.17, 15) is 25.2 Å². The molecule has 188 valence electrons. The summed E-state index contributed by atoms with van der Waals surface area (Å²) in [6, 6.07) is 0. The Kier molecular flexibility index (Phi) is 6.83. The van der Waals surface area contributed by atoms with Crippen LogP contribution in [0.2, 0.25) is 0 Å². The molecular weight excluding hydrogens is 416 g/mol. The summed E-state index contributed by atoms with van der Waals surface area (Å²) in [5.74, 6) is 0.324. The highest BCUT2D eigenvalue weighted by atomic mass is 16.4. The fourth-order valence-corrected chi connectivity index (χ4v) is 9.19. The van der Waals surface area contributed by atoms with Gasteiger partial charge in [-0.3, -0.25) is 4.79 Å². The van der Waals surface area contributed by atoms with Gasteiger partial charge in [-0.25, -0.2) is 0 Å². The van der Waals surface area contributed by atoms with Crippen molar-refractivity contribution >= 4 is 5.97 Å². The lowest BCUT2D eigenvalue weighted by Crippen LogP contribution is -2.64. The molecule has 4 fully saturated rings. The SMILES string of the molecule is C=C(CC[C@@H](C)[C@H]1CC[C@H]2[C@@H]3CC[C@H]4C[C@@H](O)C[C@H](O)[C@]4(C)[C@H]3[C@H](O)C[C@]12C(=O)O)C(C)C. The standard InChI is InChI=1S/C28H46O5/c1-15(2)16(3)6-7-17(4)21-10-11-22-20-9-8-18-12-19(29)13-24(31)27(18,5)25(20)23(30)14-28(21,22)26(32)33/h15,17-25,29-31H,3,6-14H2,1-2,4-5H3,(H,32,33)/t17-,18+,19-,20+,21-,22+,23-,24+,25-,27-,28+/m1/s1. The van der Waals surface area contributed by atoms with E-state index in [0.29, 0.717) is 25.2 Å². The van der Waals surface area contributed by atoms with E-state index in [1.54, 1.807) is 0 Å². The Hall–Kier alpha value is -0.910. The molecular formula is C28H46O5. The molecule has 0 bridgehead atoms. The van der Waals surface area contributed by atoms with Gasteiger partial charge in [0.15, 0.2) is 0 Å². The van der Waals surface area contributed by atoms with Crippen molar-refractivity contribution in [1.29, 1.82) is 0 Å². The summed E-state index contributed by atoms with van der Waals surface area (Å²) in [6.07, 6.45) is 4.96. The van der Waals surface area contributed by atoms with Crippen LogP contribution in [0.1, 0.15) is 85.5 Å². The van der Waals surface area contributed by atoms with Crippen LogP contribution in [0.25, 0.3) is 0 Å². The van der Waals surface area contributed by atoms with Crippen LogP contribution >= 0.6 is 0 Å². The Morgan fingerprint density at radius 3 is 2.39 bits per heavy atom. The first-order valence-electron chi connectivity index (χ1n) is 13.4. The molecule has 0 saturated heterocycles. The van der Waals surface area contributed by atoms with Crippen molar-refractivity contribution in [3.8, 4) is 0 Å². The van der Waals surface area contributed by atoms with Crippen LogP contribution in [0.5, 0.6) is 0 Å². The first-order chi connectivity index (χ1) is 15.4. The van der Waals surface area contributed by atoms with Gasteiger partial charge in [0, 0.05) is 5.41 Å². The normalized spacial score (nSPS) is 48.0. The van der Waals surface area contributed by atoms with Crippen molar-refractivity contribution in [3.63, 3.8) is 0 Å². The van der Waals surface area contributed by atoms with Crippen LogP contribution in [0.4, 0.5) is 0 Å². The summed E-state index contributed by atoms with van der Waals surface area (Å²) in [6.45, 7) is 12.8. The molecule has 0 amide bonds. The van der Waals surface area contributed by atoms with Gasteiger partial charge in [0.05, 0.1) is 23.7 Å². The Morgan fingerprint density at radius 2 is 1.76 bits per heavy atom. The number of carboxylic acid groups (broad SMARTS) is 1. The van der Waals surface area contributed by atoms with E-state index >= 15 is 0 Å². The van der Waals surface area contributed by atoms with Gasteiger partial charge in [-0.1, -0.05) is 39.8 Å². The molecule has 0 radical (unpaired) electrons. The molecule has 4 rings (SSSR count). The zero-order valence-corrected chi connectivity index (χ0v) is 21.0. The van der Waals surface area contributed by atoms with Crippen molar-refractivity contribution in [2.75, 3.05) is 0 Å². The molecule has 4 saturated carbocycles. The predicted octanol–water partition coefficient (Wildman–Crippen LogP) is 4.64. The van der Waals surface area contributed by atoms with Gasteiger partial charge in [0.1, 0.15) is 0 Å². The zero-order chi connectivity index (χ0) is 24.3. The highest BCUT2D eigenvalue weighted by Gasteiger charge is 2.69. The number of fused-ring (bicyclic) bond motifs is 5. The highest BCUT2D eigenvalue weighted by molar-refractivity contribution is 5.76. The van der Waals surface area contributed by atoms with Gasteiger partial charge in [0.25, 0.3) is 0 Å². The Labute approximate surface area is 199 Å². The lowest BCUT2D eigenvalue weighted by Gasteiger charge is -2.63. The monoisotopic (exact) mass is 462 g/mol. The number of hydrogen-bond acceptors (Lipinski definition) is 4. The minimum Gasteiger partial charge on any atom is -0.481 e. The molecule has 33 heavy (non-hydrogen) atoms. The molecule has 0 aliphatic heterocycles. The summed E-state index contributed by atoms with van der Waals surface area (Å²) in [5.41, 5.74) is -0.101. The molecule has 0 aromatic rings. The molecule has 4 aliphatic carbocycles. The van der Waals surface area contributed by atoms with Gasteiger partial charge < -0.3 is 20.4 Å². The van der Waals surface area contributed by atoms with E-state index in [-0.39, 0.29) is 35.5 Å². The molecule has 5 nitrogen and oxygen atoms in total. The zero-order valence-electron chi connectivity index (χ0n) is 21.0. The molecule has 0 aromatic heterocycles. The van der Waals surface area contributed by atoms with Crippen LogP contribution in [-0.2, 0) is 4.79 Å². The average molecular weight is 463 g/mol. The molecule has 0 aromatic carbocycles. The average Bonchev–Trinajstić information content (AvgIpc) is 3.13. The summed E-state index contributed by atoms with van der Waals surface area (Å²) in [7, 11) is 0.